The van der Waals surface area contributed by atoms with Crippen LogP contribution in [0.1, 0.15) is 12.8 Å². The number of carbonyl (C=O) groups is 1. The zero-order chi connectivity index (χ0) is 27.6. The fraction of sp³-hybridized carbons (Fsp3) is 0.464. The monoisotopic (exact) mass is 556 g/mol. The fourth-order valence-corrected chi connectivity index (χ4v) is 6.98. The summed E-state index contributed by atoms with van der Waals surface area (Å²) < 4.78 is 39.3. The van der Waals surface area contributed by atoms with Crippen LogP contribution in [-0.2, 0) is 24.3 Å². The molecule has 1 aromatic heterocycles. The second kappa shape index (κ2) is 11.6. The van der Waals surface area contributed by atoms with E-state index in [4.69, 9.17) is 9.47 Å². The maximum atomic E-state index is 13.9. The largest absolute Gasteiger partial charge is 0.391 e. The van der Waals surface area contributed by atoms with Gasteiger partial charge in [0.25, 0.3) is 0 Å². The number of aliphatic hydroxyl groups is 1. The molecule has 0 saturated carbocycles. The van der Waals surface area contributed by atoms with Crippen molar-refractivity contribution in [2.24, 2.45) is 0 Å². The van der Waals surface area contributed by atoms with Gasteiger partial charge in [-0.25, -0.2) is 8.42 Å². The van der Waals surface area contributed by atoms with E-state index in [-0.39, 0.29) is 17.3 Å². The number of para-hydroxylation sites is 1. The van der Waals surface area contributed by atoms with Crippen molar-refractivity contribution in [1.82, 2.24) is 14.2 Å². The summed E-state index contributed by atoms with van der Waals surface area (Å²) in [5.41, 5.74) is 3.35. The molecule has 0 spiro atoms. The number of amides is 1. The molecule has 2 aliphatic rings. The first-order chi connectivity index (χ1) is 18.8. The highest BCUT2D eigenvalue weighted by Crippen LogP contribution is 2.38. The number of H-pyrrole nitrogens is 1. The molecular weight excluding hydrogens is 520 g/mol. The molecule has 210 valence electrons. The molecule has 0 unspecified atom stereocenters. The van der Waals surface area contributed by atoms with E-state index in [2.05, 4.69) is 9.88 Å². The number of anilines is 1. The van der Waals surface area contributed by atoms with E-state index in [0.717, 1.165) is 27.8 Å². The summed E-state index contributed by atoms with van der Waals surface area (Å²) in [5.74, 6) is -0.238. The van der Waals surface area contributed by atoms with Crippen molar-refractivity contribution < 1.29 is 27.8 Å². The molecule has 5 rings (SSSR count). The maximum Gasteiger partial charge on any atom is 0.243 e. The van der Waals surface area contributed by atoms with E-state index < -0.39 is 22.2 Å². The zero-order valence-electron chi connectivity index (χ0n) is 22.4. The number of nitrogens with one attached hydrogen (secondary N) is 1. The van der Waals surface area contributed by atoms with Crippen LogP contribution in [0.4, 0.5) is 5.69 Å². The lowest BCUT2D eigenvalue weighted by Crippen LogP contribution is -2.59. The minimum Gasteiger partial charge on any atom is -0.391 e. The van der Waals surface area contributed by atoms with E-state index in [1.165, 1.54) is 4.31 Å². The molecule has 39 heavy (non-hydrogen) atoms. The average molecular weight is 557 g/mol. The second-order valence-electron chi connectivity index (χ2n) is 10.1. The third kappa shape index (κ3) is 5.55. The summed E-state index contributed by atoms with van der Waals surface area (Å²) in [5, 5.41) is 11.2. The highest BCUT2D eigenvalue weighted by atomic mass is 32.2. The van der Waals surface area contributed by atoms with E-state index in [1.807, 2.05) is 36.4 Å². The summed E-state index contributed by atoms with van der Waals surface area (Å²) in [4.78, 5) is 20.6. The Kier molecular flexibility index (Phi) is 8.24. The number of rotatable bonds is 11. The fourth-order valence-electron chi connectivity index (χ4n) is 5.33. The van der Waals surface area contributed by atoms with E-state index in [9.17, 15) is 18.3 Å². The Hall–Kier alpha value is -2.96. The van der Waals surface area contributed by atoms with Crippen molar-refractivity contribution in [2.75, 3.05) is 65.1 Å². The Morgan fingerprint density at radius 1 is 1.05 bits per heavy atom. The molecule has 11 heteroatoms. The highest BCUT2D eigenvalue weighted by Gasteiger charge is 2.44. The van der Waals surface area contributed by atoms with Crippen molar-refractivity contribution in [3.63, 3.8) is 0 Å². The molecule has 2 aliphatic heterocycles. The van der Waals surface area contributed by atoms with Crippen LogP contribution in [0, 0.1) is 0 Å². The summed E-state index contributed by atoms with van der Waals surface area (Å²) >= 11 is 0. The SMILES string of the molecule is COCCN(CCOC)C(=O)[C@@H]1CCN1S(=O)(=O)c1ccc(N2CC[C@H](O)C2)c(-c2cc3ccccc3[nH]2)c1. The first-order valence-corrected chi connectivity index (χ1v) is 14.7. The van der Waals surface area contributed by atoms with Gasteiger partial charge in [-0.3, -0.25) is 4.79 Å². The number of nitrogens with zero attached hydrogens (tertiary/aromatic N) is 3. The standard InChI is InChI=1S/C28H36N4O6S/c1-37-15-13-30(14-16-38-2)28(34)27-10-12-32(27)39(35,36)22-7-8-26(31-11-9-21(33)19-31)23(18-22)25-17-20-5-3-4-6-24(20)29-25/h3-8,17-18,21,27,29,33H,9-16,19H2,1-2H3/t21-,27-/m0/s1. The van der Waals surface area contributed by atoms with Crippen LogP contribution in [0.25, 0.3) is 22.2 Å². The number of aromatic nitrogens is 1. The Morgan fingerprint density at radius 2 is 1.79 bits per heavy atom. The number of fused-ring (bicyclic) bond motifs is 1. The maximum absolute atomic E-state index is 13.9. The first kappa shape index (κ1) is 27.6. The van der Waals surface area contributed by atoms with E-state index in [1.54, 1.807) is 31.3 Å². The van der Waals surface area contributed by atoms with Gasteiger partial charge in [0.15, 0.2) is 0 Å². The number of aliphatic hydroxyl groups excluding tert-OH is 1. The molecule has 2 aromatic carbocycles. The van der Waals surface area contributed by atoms with Crippen molar-refractivity contribution >= 4 is 32.5 Å². The molecule has 10 nitrogen and oxygen atoms in total. The van der Waals surface area contributed by atoms with Crippen molar-refractivity contribution in [3.05, 3.63) is 48.5 Å². The molecule has 2 saturated heterocycles. The van der Waals surface area contributed by atoms with E-state index in [0.29, 0.717) is 52.2 Å². The zero-order valence-corrected chi connectivity index (χ0v) is 23.2. The van der Waals surface area contributed by atoms with Gasteiger partial charge in [0.1, 0.15) is 6.04 Å². The number of benzene rings is 2. The van der Waals surface area contributed by atoms with Crippen LogP contribution < -0.4 is 4.90 Å². The van der Waals surface area contributed by atoms with Crippen molar-refractivity contribution in [2.45, 2.75) is 29.9 Å². The van der Waals surface area contributed by atoms with Gasteiger partial charge in [0.2, 0.25) is 15.9 Å². The number of hydrogen-bond donors (Lipinski definition) is 2. The van der Waals surface area contributed by atoms with Crippen molar-refractivity contribution in [1.29, 1.82) is 0 Å². The Balaban J connectivity index is 1.47. The predicted octanol–water partition coefficient (Wildman–Crippen LogP) is 2.29. The Labute approximate surface area is 229 Å². The van der Waals surface area contributed by atoms with Gasteiger partial charge in [-0.15, -0.1) is 0 Å². The van der Waals surface area contributed by atoms with Crippen LogP contribution in [0.2, 0.25) is 0 Å². The summed E-state index contributed by atoms with van der Waals surface area (Å²) in [6.45, 7) is 2.89. The molecule has 3 aromatic rings. The summed E-state index contributed by atoms with van der Waals surface area (Å²) in [7, 11) is -0.809. The third-order valence-corrected chi connectivity index (χ3v) is 9.50. The topological polar surface area (TPSA) is 115 Å². The first-order valence-electron chi connectivity index (χ1n) is 13.3. The number of hydrogen-bond acceptors (Lipinski definition) is 7. The highest BCUT2D eigenvalue weighted by molar-refractivity contribution is 7.89. The van der Waals surface area contributed by atoms with Crippen LogP contribution in [0.15, 0.2) is 53.4 Å². The number of aromatic amines is 1. The molecule has 3 heterocycles. The summed E-state index contributed by atoms with van der Waals surface area (Å²) in [6, 6.07) is 14.3. The molecule has 0 radical (unpaired) electrons. The lowest BCUT2D eigenvalue weighted by atomic mass is 10.1. The van der Waals surface area contributed by atoms with Gasteiger partial charge in [-0.2, -0.15) is 4.31 Å². The van der Waals surface area contributed by atoms with Gasteiger partial charge in [0.05, 0.1) is 24.2 Å². The third-order valence-electron chi connectivity index (χ3n) is 7.60. The van der Waals surface area contributed by atoms with Crippen LogP contribution in [-0.4, -0.2) is 106 Å². The number of sulfonamides is 1. The minimum absolute atomic E-state index is 0.137. The van der Waals surface area contributed by atoms with Gasteiger partial charge >= 0.3 is 0 Å². The van der Waals surface area contributed by atoms with Gasteiger partial charge in [0, 0.05) is 74.8 Å². The van der Waals surface area contributed by atoms with E-state index >= 15 is 0 Å². The van der Waals surface area contributed by atoms with Crippen molar-refractivity contribution in [3.8, 4) is 11.3 Å². The lowest BCUT2D eigenvalue weighted by Gasteiger charge is -2.41. The Morgan fingerprint density at radius 3 is 2.41 bits per heavy atom. The summed E-state index contributed by atoms with van der Waals surface area (Å²) in [6.07, 6.45) is 0.704. The van der Waals surface area contributed by atoms with Crippen LogP contribution in [0.5, 0.6) is 0 Å². The molecule has 0 bridgehead atoms. The molecule has 2 fully saturated rings. The minimum atomic E-state index is -3.94. The van der Waals surface area contributed by atoms with Crippen LogP contribution >= 0.6 is 0 Å². The normalized spacial score (nSPS) is 19.9. The number of β-amino-alcohol motifs (C(OH)–C–C–N with tert-alkyl or cyclic N) is 1. The second-order valence-corrected chi connectivity index (χ2v) is 12.0. The smallest absolute Gasteiger partial charge is 0.243 e. The van der Waals surface area contributed by atoms with Gasteiger partial charge in [-0.05, 0) is 43.2 Å². The quantitative estimate of drug-likeness (QED) is 0.372. The number of methoxy groups -OCH3 is 2. The van der Waals surface area contributed by atoms with Gasteiger partial charge in [-0.1, -0.05) is 18.2 Å². The number of ether oxygens (including phenoxy) is 2. The van der Waals surface area contributed by atoms with Crippen LogP contribution in [0.3, 0.4) is 0 Å². The predicted molar refractivity (Wildman–Crippen MR) is 149 cm³/mol. The number of carbonyl (C=O) groups excluding carboxylic acids is 1. The Bertz CT molecular complexity index is 1380. The van der Waals surface area contributed by atoms with Gasteiger partial charge < -0.3 is 29.4 Å². The molecule has 2 N–H and O–H groups in total. The average Bonchev–Trinajstić information content (AvgIpc) is 3.53. The molecule has 0 aliphatic carbocycles. The molecule has 2 atom stereocenters. The lowest BCUT2D eigenvalue weighted by molar-refractivity contribution is -0.139. The molecule has 1 amide bonds. The molecular formula is C28H36N4O6S.